The molecule has 2 aromatic carbocycles. The number of methoxy groups -OCH3 is 1. The molecule has 3 N–H and O–H groups in total. The van der Waals surface area contributed by atoms with Crippen molar-refractivity contribution >= 4 is 18.3 Å². The van der Waals surface area contributed by atoms with Crippen LogP contribution >= 0.6 is 12.4 Å². The topological polar surface area (TPSA) is 73.6 Å². The molecule has 0 aliphatic carbocycles. The van der Waals surface area contributed by atoms with Gasteiger partial charge in [-0.3, -0.25) is 4.79 Å². The average Bonchev–Trinajstić information content (AvgIpc) is 2.66. The second-order valence-corrected chi connectivity index (χ2v) is 6.11. The molecule has 0 heterocycles. The summed E-state index contributed by atoms with van der Waals surface area (Å²) in [6, 6.07) is 15.2. The minimum absolute atomic E-state index is 0. The van der Waals surface area contributed by atoms with Crippen LogP contribution in [0.1, 0.15) is 24.5 Å². The number of nitrogens with one attached hydrogen (secondary N) is 1. The Balaban J connectivity index is 0.00000364. The SMILES string of the molecule is CCOc1cc(CCCNC(=O)[C@@H](N)Cc2ccccc2)ccc1OC.Cl. The highest BCUT2D eigenvalue weighted by Crippen LogP contribution is 2.28. The van der Waals surface area contributed by atoms with Gasteiger partial charge in [-0.05, 0) is 49.4 Å². The summed E-state index contributed by atoms with van der Waals surface area (Å²) in [7, 11) is 1.63. The predicted molar refractivity (Wildman–Crippen MR) is 111 cm³/mol. The zero-order valence-corrected chi connectivity index (χ0v) is 16.8. The second-order valence-electron chi connectivity index (χ2n) is 6.11. The Hall–Kier alpha value is -2.24. The standard InChI is InChI=1S/C21H28N2O3.ClH/c1-3-26-20-15-17(11-12-19(20)25-2)10-7-13-23-21(24)18(22)14-16-8-5-4-6-9-16;/h4-6,8-9,11-12,15,18H,3,7,10,13-14,22H2,1-2H3,(H,23,24);1H/t18-;/m0./s1. The van der Waals surface area contributed by atoms with E-state index in [1.807, 2.05) is 55.5 Å². The monoisotopic (exact) mass is 392 g/mol. The van der Waals surface area contributed by atoms with Gasteiger partial charge < -0.3 is 20.5 Å². The van der Waals surface area contributed by atoms with Crippen molar-refractivity contribution in [2.24, 2.45) is 5.73 Å². The molecule has 6 heteroatoms. The summed E-state index contributed by atoms with van der Waals surface area (Å²) in [5, 5.41) is 2.92. The first kappa shape index (κ1) is 22.8. The Morgan fingerprint density at radius 2 is 1.85 bits per heavy atom. The first-order chi connectivity index (χ1) is 12.6. The van der Waals surface area contributed by atoms with Crippen LogP contribution in [-0.2, 0) is 17.6 Å². The number of hydrogen-bond acceptors (Lipinski definition) is 4. The molecule has 0 aromatic heterocycles. The highest BCUT2D eigenvalue weighted by molar-refractivity contribution is 5.85. The van der Waals surface area contributed by atoms with Gasteiger partial charge in [-0.15, -0.1) is 12.4 Å². The summed E-state index contributed by atoms with van der Waals surface area (Å²) >= 11 is 0. The summed E-state index contributed by atoms with van der Waals surface area (Å²) in [5.41, 5.74) is 8.20. The predicted octanol–water partition coefficient (Wildman–Crippen LogP) is 3.13. The summed E-state index contributed by atoms with van der Waals surface area (Å²) in [5.74, 6) is 1.37. The molecule has 5 nitrogen and oxygen atoms in total. The maximum Gasteiger partial charge on any atom is 0.237 e. The van der Waals surface area contributed by atoms with Crippen LogP contribution in [0.4, 0.5) is 0 Å². The number of aryl methyl sites for hydroxylation is 1. The highest BCUT2D eigenvalue weighted by atomic mass is 35.5. The number of carbonyl (C=O) groups is 1. The second kappa shape index (κ2) is 12.2. The Labute approximate surface area is 167 Å². The fraction of sp³-hybridized carbons (Fsp3) is 0.381. The molecule has 148 valence electrons. The number of rotatable bonds is 10. The van der Waals surface area contributed by atoms with Crippen molar-refractivity contribution in [2.45, 2.75) is 32.2 Å². The minimum Gasteiger partial charge on any atom is -0.493 e. The fourth-order valence-electron chi connectivity index (χ4n) is 2.74. The number of benzene rings is 2. The molecule has 0 saturated carbocycles. The van der Waals surface area contributed by atoms with Crippen LogP contribution in [-0.4, -0.2) is 32.2 Å². The zero-order valence-electron chi connectivity index (χ0n) is 15.9. The van der Waals surface area contributed by atoms with Crippen molar-refractivity contribution in [3.63, 3.8) is 0 Å². The zero-order chi connectivity index (χ0) is 18.8. The van der Waals surface area contributed by atoms with Gasteiger partial charge in [0.2, 0.25) is 5.91 Å². The summed E-state index contributed by atoms with van der Waals surface area (Å²) < 4.78 is 10.9. The molecule has 0 spiro atoms. The van der Waals surface area contributed by atoms with E-state index in [4.69, 9.17) is 15.2 Å². The third-order valence-corrected chi connectivity index (χ3v) is 4.10. The van der Waals surface area contributed by atoms with E-state index in [1.165, 1.54) is 0 Å². The van der Waals surface area contributed by atoms with Gasteiger partial charge in [0.05, 0.1) is 19.8 Å². The van der Waals surface area contributed by atoms with Crippen LogP contribution in [0.3, 0.4) is 0 Å². The molecule has 27 heavy (non-hydrogen) atoms. The van der Waals surface area contributed by atoms with E-state index in [0.29, 0.717) is 19.6 Å². The lowest BCUT2D eigenvalue weighted by atomic mass is 10.1. The lowest BCUT2D eigenvalue weighted by molar-refractivity contribution is -0.122. The number of hydrogen-bond donors (Lipinski definition) is 2. The van der Waals surface area contributed by atoms with E-state index >= 15 is 0 Å². The number of ether oxygens (including phenoxy) is 2. The van der Waals surface area contributed by atoms with Crippen molar-refractivity contribution in [3.05, 3.63) is 59.7 Å². The van der Waals surface area contributed by atoms with E-state index in [2.05, 4.69) is 5.32 Å². The summed E-state index contributed by atoms with van der Waals surface area (Å²) in [6.45, 7) is 3.13. The van der Waals surface area contributed by atoms with E-state index in [9.17, 15) is 4.79 Å². The van der Waals surface area contributed by atoms with Gasteiger partial charge >= 0.3 is 0 Å². The Kier molecular flexibility index (Phi) is 10.3. The molecule has 0 fully saturated rings. The van der Waals surface area contributed by atoms with E-state index in [-0.39, 0.29) is 18.3 Å². The number of amides is 1. The largest absolute Gasteiger partial charge is 0.493 e. The van der Waals surface area contributed by atoms with E-state index < -0.39 is 6.04 Å². The van der Waals surface area contributed by atoms with Gasteiger partial charge in [0.1, 0.15) is 0 Å². The first-order valence-electron chi connectivity index (χ1n) is 9.01. The normalized spacial score (nSPS) is 11.2. The van der Waals surface area contributed by atoms with Crippen LogP contribution in [0.25, 0.3) is 0 Å². The van der Waals surface area contributed by atoms with Crippen molar-refractivity contribution in [3.8, 4) is 11.5 Å². The molecule has 0 saturated heterocycles. The van der Waals surface area contributed by atoms with Gasteiger partial charge in [-0.1, -0.05) is 36.4 Å². The van der Waals surface area contributed by atoms with E-state index in [1.54, 1.807) is 7.11 Å². The molecular formula is C21H29ClN2O3. The maximum absolute atomic E-state index is 12.1. The molecule has 1 atom stereocenters. The summed E-state index contributed by atoms with van der Waals surface area (Å²) in [4.78, 5) is 12.1. The van der Waals surface area contributed by atoms with Gasteiger partial charge in [0.15, 0.2) is 11.5 Å². The molecule has 2 aromatic rings. The minimum atomic E-state index is -0.525. The highest BCUT2D eigenvalue weighted by Gasteiger charge is 2.13. The van der Waals surface area contributed by atoms with Crippen molar-refractivity contribution < 1.29 is 14.3 Å². The third kappa shape index (κ3) is 7.49. The molecule has 1 amide bonds. The number of carbonyl (C=O) groups excluding carboxylic acids is 1. The molecule has 2 rings (SSSR count). The van der Waals surface area contributed by atoms with Crippen molar-refractivity contribution in [1.29, 1.82) is 0 Å². The van der Waals surface area contributed by atoms with Crippen LogP contribution < -0.4 is 20.5 Å². The lowest BCUT2D eigenvalue weighted by Gasteiger charge is -2.13. The van der Waals surface area contributed by atoms with E-state index in [0.717, 1.165) is 35.5 Å². The quantitative estimate of drug-likeness (QED) is 0.609. The molecule has 0 aliphatic heterocycles. The Bertz CT molecular complexity index is 695. The van der Waals surface area contributed by atoms with Crippen LogP contribution in [0.5, 0.6) is 11.5 Å². The number of nitrogens with two attached hydrogens (primary N) is 1. The first-order valence-corrected chi connectivity index (χ1v) is 9.01. The summed E-state index contributed by atoms with van der Waals surface area (Å²) in [6.07, 6.45) is 2.23. The number of halogens is 1. The van der Waals surface area contributed by atoms with Gasteiger partial charge in [-0.2, -0.15) is 0 Å². The van der Waals surface area contributed by atoms with Gasteiger partial charge in [0.25, 0.3) is 0 Å². The van der Waals surface area contributed by atoms with Gasteiger partial charge in [0, 0.05) is 6.54 Å². The Morgan fingerprint density at radius 3 is 2.52 bits per heavy atom. The molecule has 0 aliphatic rings. The third-order valence-electron chi connectivity index (χ3n) is 4.10. The Morgan fingerprint density at radius 1 is 1.11 bits per heavy atom. The lowest BCUT2D eigenvalue weighted by Crippen LogP contribution is -2.42. The molecule has 0 unspecified atom stereocenters. The molecule has 0 bridgehead atoms. The molecular weight excluding hydrogens is 364 g/mol. The van der Waals surface area contributed by atoms with Crippen molar-refractivity contribution in [2.75, 3.05) is 20.3 Å². The van der Waals surface area contributed by atoms with Crippen LogP contribution in [0.15, 0.2) is 48.5 Å². The molecule has 0 radical (unpaired) electrons. The van der Waals surface area contributed by atoms with Crippen LogP contribution in [0, 0.1) is 0 Å². The van der Waals surface area contributed by atoms with Crippen LogP contribution in [0.2, 0.25) is 0 Å². The van der Waals surface area contributed by atoms with Gasteiger partial charge in [-0.25, -0.2) is 0 Å². The maximum atomic E-state index is 12.1. The fourth-order valence-corrected chi connectivity index (χ4v) is 2.74. The smallest absolute Gasteiger partial charge is 0.237 e. The average molecular weight is 393 g/mol. The van der Waals surface area contributed by atoms with Crippen molar-refractivity contribution in [1.82, 2.24) is 5.32 Å².